The summed E-state index contributed by atoms with van der Waals surface area (Å²) in [4.78, 5) is 0.207. The van der Waals surface area contributed by atoms with Crippen LogP contribution in [-0.4, -0.2) is 13.5 Å². The Kier molecular flexibility index (Phi) is 4.06. The number of nitrogens with one attached hydrogen (secondary N) is 1. The highest BCUT2D eigenvalue weighted by molar-refractivity contribution is 9.10. The largest absolute Gasteiger partial charge is 0.508 e. The van der Waals surface area contributed by atoms with Crippen molar-refractivity contribution in [3.05, 3.63) is 52.0 Å². The Bertz CT molecular complexity index is 757. The van der Waals surface area contributed by atoms with E-state index in [4.69, 9.17) is 0 Å². The van der Waals surface area contributed by atoms with Gasteiger partial charge in [-0.1, -0.05) is 28.1 Å². The van der Waals surface area contributed by atoms with Crippen LogP contribution in [0.2, 0.25) is 0 Å². The monoisotopic (exact) mass is 355 g/mol. The van der Waals surface area contributed by atoms with E-state index in [0.717, 1.165) is 10.0 Å². The third-order valence-electron chi connectivity index (χ3n) is 2.84. The molecule has 4 nitrogen and oxygen atoms in total. The summed E-state index contributed by atoms with van der Waals surface area (Å²) in [5.41, 5.74) is 1.96. The van der Waals surface area contributed by atoms with Crippen LogP contribution in [0.5, 0.6) is 5.75 Å². The Balaban J connectivity index is 2.43. The van der Waals surface area contributed by atoms with Gasteiger partial charge in [0.25, 0.3) is 10.0 Å². The van der Waals surface area contributed by atoms with Gasteiger partial charge in [0.1, 0.15) is 5.75 Å². The number of aromatic hydroxyl groups is 1. The van der Waals surface area contributed by atoms with E-state index in [1.54, 1.807) is 31.2 Å². The van der Waals surface area contributed by atoms with Crippen LogP contribution in [0.3, 0.4) is 0 Å². The molecule has 2 rings (SSSR count). The second-order valence-corrected chi connectivity index (χ2v) is 7.03. The highest BCUT2D eigenvalue weighted by Crippen LogP contribution is 2.26. The van der Waals surface area contributed by atoms with Gasteiger partial charge in [0.15, 0.2) is 0 Å². The van der Waals surface area contributed by atoms with E-state index in [9.17, 15) is 13.5 Å². The minimum absolute atomic E-state index is 0.00649. The standard InChI is InChI=1S/C14H14BrNO3S/c1-9-6-10(2)14(8-13(9)15)20(18,19)16-11-4-3-5-12(17)7-11/h3-8,16-17H,1-2H3. The average molecular weight is 356 g/mol. The molecule has 0 saturated carbocycles. The maximum Gasteiger partial charge on any atom is 0.262 e. The fraction of sp³-hybridized carbons (Fsp3) is 0.143. The van der Waals surface area contributed by atoms with Gasteiger partial charge < -0.3 is 5.11 Å². The molecule has 0 aliphatic heterocycles. The van der Waals surface area contributed by atoms with Gasteiger partial charge in [0, 0.05) is 10.5 Å². The number of phenols is 1. The van der Waals surface area contributed by atoms with Gasteiger partial charge in [0.2, 0.25) is 0 Å². The first-order chi connectivity index (χ1) is 9.29. The lowest BCUT2D eigenvalue weighted by molar-refractivity contribution is 0.475. The lowest BCUT2D eigenvalue weighted by atomic mass is 10.2. The van der Waals surface area contributed by atoms with Crippen molar-refractivity contribution in [3.8, 4) is 5.75 Å². The summed E-state index contributed by atoms with van der Waals surface area (Å²) in [5, 5.41) is 9.37. The molecule has 0 aromatic heterocycles. The molecule has 0 heterocycles. The summed E-state index contributed by atoms with van der Waals surface area (Å²) in [5.74, 6) is 0.00649. The zero-order valence-electron chi connectivity index (χ0n) is 11.0. The van der Waals surface area contributed by atoms with Crippen molar-refractivity contribution in [2.24, 2.45) is 0 Å². The van der Waals surface area contributed by atoms with E-state index in [2.05, 4.69) is 20.7 Å². The molecule has 106 valence electrons. The van der Waals surface area contributed by atoms with Gasteiger partial charge in [-0.3, -0.25) is 4.72 Å². The quantitative estimate of drug-likeness (QED) is 0.884. The first-order valence-corrected chi connectivity index (χ1v) is 8.16. The average Bonchev–Trinajstić information content (AvgIpc) is 2.33. The molecule has 0 radical (unpaired) electrons. The highest BCUT2D eigenvalue weighted by Gasteiger charge is 2.18. The number of benzene rings is 2. The number of anilines is 1. The smallest absolute Gasteiger partial charge is 0.262 e. The van der Waals surface area contributed by atoms with Crippen molar-refractivity contribution < 1.29 is 13.5 Å². The molecular formula is C14H14BrNO3S. The maximum absolute atomic E-state index is 12.4. The maximum atomic E-state index is 12.4. The van der Waals surface area contributed by atoms with Crippen LogP contribution in [-0.2, 0) is 10.0 Å². The predicted molar refractivity (Wildman–Crippen MR) is 82.5 cm³/mol. The lowest BCUT2D eigenvalue weighted by Gasteiger charge is -2.12. The zero-order chi connectivity index (χ0) is 14.9. The van der Waals surface area contributed by atoms with E-state index in [1.165, 1.54) is 12.1 Å². The van der Waals surface area contributed by atoms with Crippen LogP contribution >= 0.6 is 15.9 Å². The van der Waals surface area contributed by atoms with E-state index < -0.39 is 10.0 Å². The van der Waals surface area contributed by atoms with Gasteiger partial charge in [-0.15, -0.1) is 0 Å². The molecule has 0 fully saturated rings. The number of phenolic OH excluding ortho intramolecular Hbond substituents is 1. The third kappa shape index (κ3) is 3.13. The molecule has 0 aliphatic rings. The molecule has 0 amide bonds. The Morgan fingerprint density at radius 1 is 1.10 bits per heavy atom. The summed E-state index contributed by atoms with van der Waals surface area (Å²) in [6.07, 6.45) is 0. The van der Waals surface area contributed by atoms with Gasteiger partial charge >= 0.3 is 0 Å². The molecule has 0 aliphatic carbocycles. The molecule has 20 heavy (non-hydrogen) atoms. The molecule has 2 N–H and O–H groups in total. The normalized spacial score (nSPS) is 11.3. The fourth-order valence-corrected chi connectivity index (χ4v) is 3.67. The molecule has 6 heteroatoms. The Hall–Kier alpha value is -1.53. The molecule has 0 bridgehead atoms. The van der Waals surface area contributed by atoms with Gasteiger partial charge in [0.05, 0.1) is 10.6 Å². The Morgan fingerprint density at radius 3 is 2.45 bits per heavy atom. The SMILES string of the molecule is Cc1cc(C)c(S(=O)(=O)Nc2cccc(O)c2)cc1Br. The molecule has 2 aromatic rings. The van der Waals surface area contributed by atoms with Crippen molar-refractivity contribution >= 4 is 31.6 Å². The second-order valence-electron chi connectivity index (χ2n) is 4.52. The summed E-state index contributed by atoms with van der Waals surface area (Å²) in [6.45, 7) is 3.65. The van der Waals surface area contributed by atoms with Crippen molar-refractivity contribution in [2.75, 3.05) is 4.72 Å². The Labute approximate surface area is 126 Å². The summed E-state index contributed by atoms with van der Waals surface area (Å²) >= 11 is 3.34. The van der Waals surface area contributed by atoms with E-state index in [0.29, 0.717) is 11.3 Å². The molecular weight excluding hydrogens is 342 g/mol. The first-order valence-electron chi connectivity index (χ1n) is 5.88. The summed E-state index contributed by atoms with van der Waals surface area (Å²) in [7, 11) is -3.69. The first kappa shape index (κ1) is 14.9. The number of hydrogen-bond acceptors (Lipinski definition) is 3. The third-order valence-corrected chi connectivity index (χ3v) is 5.22. The number of hydrogen-bond donors (Lipinski definition) is 2. The van der Waals surface area contributed by atoms with Crippen molar-refractivity contribution in [1.29, 1.82) is 0 Å². The van der Waals surface area contributed by atoms with Crippen molar-refractivity contribution in [2.45, 2.75) is 18.7 Å². The van der Waals surface area contributed by atoms with E-state index in [1.807, 2.05) is 6.92 Å². The topological polar surface area (TPSA) is 66.4 Å². The van der Waals surface area contributed by atoms with Gasteiger partial charge in [-0.25, -0.2) is 8.42 Å². The molecule has 2 aromatic carbocycles. The minimum Gasteiger partial charge on any atom is -0.508 e. The van der Waals surface area contributed by atoms with Gasteiger partial charge in [-0.05, 0) is 43.2 Å². The van der Waals surface area contributed by atoms with Crippen molar-refractivity contribution in [3.63, 3.8) is 0 Å². The number of sulfonamides is 1. The Morgan fingerprint density at radius 2 is 1.80 bits per heavy atom. The van der Waals surface area contributed by atoms with Crippen LogP contribution in [0.1, 0.15) is 11.1 Å². The second kappa shape index (κ2) is 5.46. The number of halogens is 1. The van der Waals surface area contributed by atoms with Crippen LogP contribution in [0, 0.1) is 13.8 Å². The van der Waals surface area contributed by atoms with E-state index >= 15 is 0 Å². The van der Waals surface area contributed by atoms with Crippen LogP contribution < -0.4 is 4.72 Å². The van der Waals surface area contributed by atoms with Crippen LogP contribution in [0.15, 0.2) is 45.8 Å². The van der Waals surface area contributed by atoms with Crippen LogP contribution in [0.4, 0.5) is 5.69 Å². The van der Waals surface area contributed by atoms with Crippen molar-refractivity contribution in [1.82, 2.24) is 0 Å². The number of aryl methyl sites for hydroxylation is 2. The number of rotatable bonds is 3. The van der Waals surface area contributed by atoms with E-state index in [-0.39, 0.29) is 10.6 Å². The van der Waals surface area contributed by atoms with Crippen LogP contribution in [0.25, 0.3) is 0 Å². The molecule has 0 spiro atoms. The highest BCUT2D eigenvalue weighted by atomic mass is 79.9. The molecule has 0 unspecified atom stereocenters. The molecule has 0 atom stereocenters. The predicted octanol–water partition coefficient (Wildman–Crippen LogP) is 3.57. The summed E-state index contributed by atoms with van der Waals surface area (Å²) in [6, 6.07) is 9.37. The zero-order valence-corrected chi connectivity index (χ0v) is 13.4. The fourth-order valence-electron chi connectivity index (χ4n) is 1.88. The minimum atomic E-state index is -3.69. The van der Waals surface area contributed by atoms with Gasteiger partial charge in [-0.2, -0.15) is 0 Å². The summed E-state index contributed by atoms with van der Waals surface area (Å²) < 4.78 is 28.0. The lowest BCUT2D eigenvalue weighted by Crippen LogP contribution is -2.14. The molecule has 0 saturated heterocycles.